The van der Waals surface area contributed by atoms with Crippen LogP contribution in [0.25, 0.3) is 0 Å². The molecule has 1 unspecified atom stereocenters. The topological polar surface area (TPSA) is 92.7 Å². The Bertz CT molecular complexity index is 609. The van der Waals surface area contributed by atoms with E-state index in [1.807, 2.05) is 30.3 Å². The van der Waals surface area contributed by atoms with E-state index in [9.17, 15) is 13.2 Å². The zero-order valence-electron chi connectivity index (χ0n) is 13.1. The van der Waals surface area contributed by atoms with Crippen LogP contribution in [-0.4, -0.2) is 38.4 Å². The van der Waals surface area contributed by atoms with Gasteiger partial charge in [-0.15, -0.1) is 0 Å². The first-order valence-corrected chi connectivity index (χ1v) is 9.37. The van der Waals surface area contributed by atoms with Crippen LogP contribution in [0.15, 0.2) is 30.3 Å². The van der Waals surface area contributed by atoms with Crippen molar-refractivity contribution in [3.63, 3.8) is 0 Å². The van der Waals surface area contributed by atoms with E-state index in [1.54, 1.807) is 0 Å². The standard InChI is InChI=1S/C16H23NO5S/c1-22-15(12-5-3-2-4-6-12)11-23(20,21)17-14-9-7-13(8-10-14)16(18)19/h2-6,13-15,17H,7-11H2,1H3,(H,18,19). The third-order valence-corrected chi connectivity index (χ3v) is 5.68. The zero-order chi connectivity index (χ0) is 16.9. The molecule has 6 nitrogen and oxygen atoms in total. The molecule has 0 heterocycles. The van der Waals surface area contributed by atoms with Gasteiger partial charge in [0.05, 0.1) is 17.8 Å². The summed E-state index contributed by atoms with van der Waals surface area (Å²) in [6.07, 6.45) is 1.60. The van der Waals surface area contributed by atoms with Crippen LogP contribution in [0.1, 0.15) is 37.4 Å². The van der Waals surface area contributed by atoms with Gasteiger partial charge in [0.2, 0.25) is 10.0 Å². The highest BCUT2D eigenvalue weighted by Crippen LogP contribution is 2.25. The summed E-state index contributed by atoms with van der Waals surface area (Å²) in [6, 6.07) is 9.03. The van der Waals surface area contributed by atoms with Crippen molar-refractivity contribution in [1.29, 1.82) is 0 Å². The van der Waals surface area contributed by atoms with Gasteiger partial charge < -0.3 is 9.84 Å². The Morgan fingerprint density at radius 2 is 1.87 bits per heavy atom. The summed E-state index contributed by atoms with van der Waals surface area (Å²) in [4.78, 5) is 10.9. The molecule has 1 atom stereocenters. The molecule has 0 aliphatic heterocycles. The first-order valence-electron chi connectivity index (χ1n) is 7.72. The van der Waals surface area contributed by atoms with Crippen molar-refractivity contribution in [2.75, 3.05) is 12.9 Å². The van der Waals surface area contributed by atoms with E-state index in [4.69, 9.17) is 9.84 Å². The maximum Gasteiger partial charge on any atom is 0.306 e. The second-order valence-corrected chi connectivity index (χ2v) is 7.72. The van der Waals surface area contributed by atoms with Gasteiger partial charge in [0.25, 0.3) is 0 Å². The summed E-state index contributed by atoms with van der Waals surface area (Å²) in [7, 11) is -2.01. The number of rotatable bonds is 7. The number of methoxy groups -OCH3 is 1. The van der Waals surface area contributed by atoms with Crippen molar-refractivity contribution < 1.29 is 23.1 Å². The molecule has 0 spiro atoms. The molecule has 7 heteroatoms. The normalized spacial score (nSPS) is 23.3. The lowest BCUT2D eigenvalue weighted by atomic mass is 9.87. The molecule has 0 radical (unpaired) electrons. The van der Waals surface area contributed by atoms with Gasteiger partial charge in [0, 0.05) is 13.2 Å². The summed E-state index contributed by atoms with van der Waals surface area (Å²) >= 11 is 0. The van der Waals surface area contributed by atoms with Crippen molar-refractivity contribution in [1.82, 2.24) is 4.72 Å². The number of benzene rings is 1. The van der Waals surface area contributed by atoms with Gasteiger partial charge in [-0.2, -0.15) is 0 Å². The van der Waals surface area contributed by atoms with Gasteiger partial charge >= 0.3 is 5.97 Å². The highest BCUT2D eigenvalue weighted by molar-refractivity contribution is 7.89. The Balaban J connectivity index is 1.93. The fourth-order valence-electron chi connectivity index (χ4n) is 2.93. The highest BCUT2D eigenvalue weighted by Gasteiger charge is 2.29. The van der Waals surface area contributed by atoms with Gasteiger partial charge in [-0.25, -0.2) is 13.1 Å². The molecule has 0 saturated heterocycles. The van der Waals surface area contributed by atoms with Gasteiger partial charge in [0.15, 0.2) is 0 Å². The number of sulfonamides is 1. The number of nitrogens with one attached hydrogen (secondary N) is 1. The average Bonchev–Trinajstić information content (AvgIpc) is 2.53. The lowest BCUT2D eigenvalue weighted by Gasteiger charge is -2.27. The molecule has 2 rings (SSSR count). The number of ether oxygens (including phenoxy) is 1. The van der Waals surface area contributed by atoms with Crippen molar-refractivity contribution >= 4 is 16.0 Å². The Morgan fingerprint density at radius 3 is 2.39 bits per heavy atom. The van der Waals surface area contributed by atoms with Crippen LogP contribution < -0.4 is 4.72 Å². The fraction of sp³-hybridized carbons (Fsp3) is 0.562. The minimum absolute atomic E-state index is 0.146. The minimum atomic E-state index is -3.50. The molecule has 1 aliphatic carbocycles. The largest absolute Gasteiger partial charge is 0.481 e. The SMILES string of the molecule is COC(CS(=O)(=O)NC1CCC(C(=O)O)CC1)c1ccccc1. The molecule has 0 amide bonds. The van der Waals surface area contributed by atoms with Crippen molar-refractivity contribution in [3.8, 4) is 0 Å². The maximum atomic E-state index is 12.3. The predicted molar refractivity (Wildman–Crippen MR) is 86.5 cm³/mol. The second-order valence-electron chi connectivity index (χ2n) is 5.92. The number of carbonyl (C=O) groups is 1. The summed E-state index contributed by atoms with van der Waals surface area (Å²) < 4.78 is 32.7. The van der Waals surface area contributed by atoms with Crippen LogP contribution in [0.2, 0.25) is 0 Å². The molecular weight excluding hydrogens is 318 g/mol. The van der Waals surface area contributed by atoms with E-state index >= 15 is 0 Å². The van der Waals surface area contributed by atoms with Crippen molar-refractivity contribution in [3.05, 3.63) is 35.9 Å². The molecule has 1 aromatic rings. The first-order chi connectivity index (χ1) is 10.9. The van der Waals surface area contributed by atoms with Crippen molar-refractivity contribution in [2.45, 2.75) is 37.8 Å². The van der Waals surface area contributed by atoms with Gasteiger partial charge in [-0.3, -0.25) is 4.79 Å². The quantitative estimate of drug-likeness (QED) is 0.790. The third-order valence-electron chi connectivity index (χ3n) is 4.25. The van der Waals surface area contributed by atoms with Crippen LogP contribution >= 0.6 is 0 Å². The van der Waals surface area contributed by atoms with E-state index in [0.717, 1.165) is 5.56 Å². The minimum Gasteiger partial charge on any atom is -0.481 e. The summed E-state index contributed by atoms with van der Waals surface area (Å²) in [6.45, 7) is 0. The number of carboxylic acid groups (broad SMARTS) is 1. The summed E-state index contributed by atoms with van der Waals surface area (Å²) in [5, 5.41) is 8.98. The predicted octanol–water partition coefficient (Wildman–Crippen LogP) is 1.94. The van der Waals surface area contributed by atoms with Crippen LogP contribution in [0.3, 0.4) is 0 Å². The fourth-order valence-corrected chi connectivity index (χ4v) is 4.49. The molecule has 128 valence electrons. The van der Waals surface area contributed by atoms with Gasteiger partial charge in [0.1, 0.15) is 0 Å². The molecule has 1 aromatic carbocycles. The van der Waals surface area contributed by atoms with E-state index in [-0.39, 0.29) is 17.7 Å². The average molecular weight is 341 g/mol. The highest BCUT2D eigenvalue weighted by atomic mass is 32.2. The number of carboxylic acids is 1. The molecule has 23 heavy (non-hydrogen) atoms. The Hall–Kier alpha value is -1.44. The van der Waals surface area contributed by atoms with E-state index in [0.29, 0.717) is 25.7 Å². The van der Waals surface area contributed by atoms with Crippen LogP contribution in [-0.2, 0) is 19.6 Å². The molecule has 0 aromatic heterocycles. The van der Waals surface area contributed by atoms with Gasteiger partial charge in [-0.1, -0.05) is 30.3 Å². The van der Waals surface area contributed by atoms with Crippen LogP contribution in [0, 0.1) is 5.92 Å². The Kier molecular flexibility index (Phi) is 6.15. The second kappa shape index (κ2) is 7.90. The number of aliphatic carboxylic acids is 1. The monoisotopic (exact) mass is 341 g/mol. The summed E-state index contributed by atoms with van der Waals surface area (Å²) in [5.74, 6) is -1.30. The number of hydrogen-bond donors (Lipinski definition) is 2. The Labute approximate surface area is 136 Å². The maximum absolute atomic E-state index is 12.3. The lowest BCUT2D eigenvalue weighted by molar-refractivity contribution is -0.142. The number of hydrogen-bond acceptors (Lipinski definition) is 4. The van der Waals surface area contributed by atoms with Gasteiger partial charge in [-0.05, 0) is 31.2 Å². The molecular formula is C16H23NO5S. The zero-order valence-corrected chi connectivity index (χ0v) is 14.0. The molecule has 0 bridgehead atoms. The first kappa shape index (κ1) is 17.9. The third kappa shape index (κ3) is 5.30. The molecule has 2 N–H and O–H groups in total. The van der Waals surface area contributed by atoms with E-state index in [1.165, 1.54) is 7.11 Å². The van der Waals surface area contributed by atoms with Crippen LogP contribution in [0.4, 0.5) is 0 Å². The molecule has 1 saturated carbocycles. The smallest absolute Gasteiger partial charge is 0.306 e. The van der Waals surface area contributed by atoms with Crippen molar-refractivity contribution in [2.24, 2.45) is 5.92 Å². The Morgan fingerprint density at radius 1 is 1.26 bits per heavy atom. The molecule has 1 aliphatic rings. The lowest BCUT2D eigenvalue weighted by Crippen LogP contribution is -2.40. The molecule has 1 fully saturated rings. The van der Waals surface area contributed by atoms with E-state index < -0.39 is 22.1 Å². The van der Waals surface area contributed by atoms with Crippen LogP contribution in [0.5, 0.6) is 0 Å². The van der Waals surface area contributed by atoms with E-state index in [2.05, 4.69) is 4.72 Å². The summed E-state index contributed by atoms with van der Waals surface area (Å²) in [5.41, 5.74) is 0.815.